The molecule has 0 aromatic carbocycles. The van der Waals surface area contributed by atoms with Crippen LogP contribution in [0.1, 0.15) is 0 Å². The van der Waals surface area contributed by atoms with Gasteiger partial charge in [0, 0.05) is 6.54 Å². The standard InChI is InChI=1S/C2H6NOPS/c6-5-3-1-2-4-5/h3,6H,1-2H2. The summed E-state index contributed by atoms with van der Waals surface area (Å²) in [7, 11) is -0.521. The molecule has 0 saturated carbocycles. The average Bonchev–Trinajstić information content (AvgIpc) is 1.86. The van der Waals surface area contributed by atoms with E-state index in [-0.39, 0.29) is 0 Å². The molecule has 0 aromatic heterocycles. The predicted molar refractivity (Wildman–Crippen MR) is 29.9 cm³/mol. The number of hydrogen-bond donors (Lipinski definition) is 2. The molecule has 1 aliphatic rings. The normalized spacial score (nSPS) is 34.5. The molecule has 0 aromatic rings. The van der Waals surface area contributed by atoms with E-state index >= 15 is 0 Å². The van der Waals surface area contributed by atoms with Crippen LogP contribution in [0.15, 0.2) is 0 Å². The van der Waals surface area contributed by atoms with Gasteiger partial charge in [0.15, 0.2) is 7.50 Å². The Bertz CT molecular complexity index is 46.8. The van der Waals surface area contributed by atoms with E-state index in [1.807, 2.05) is 0 Å². The topological polar surface area (TPSA) is 21.3 Å². The highest BCUT2D eigenvalue weighted by Gasteiger charge is 2.07. The Morgan fingerprint density at radius 2 is 2.67 bits per heavy atom. The number of rotatable bonds is 0. The molecule has 0 spiro atoms. The summed E-state index contributed by atoms with van der Waals surface area (Å²) in [5.74, 6) is 0. The lowest BCUT2D eigenvalue weighted by atomic mass is 10.8. The minimum absolute atomic E-state index is 0.521. The molecule has 0 bridgehead atoms. The van der Waals surface area contributed by atoms with Gasteiger partial charge in [-0.3, -0.25) is 5.09 Å². The number of hydrogen-bond acceptors (Lipinski definition) is 3. The first-order chi connectivity index (χ1) is 2.89. The Hall–Kier alpha value is 0.700. The second-order valence-corrected chi connectivity index (χ2v) is 3.22. The molecule has 1 N–H and O–H groups in total. The van der Waals surface area contributed by atoms with Crippen LogP contribution in [0.3, 0.4) is 0 Å². The zero-order chi connectivity index (χ0) is 4.41. The van der Waals surface area contributed by atoms with Gasteiger partial charge < -0.3 is 4.52 Å². The van der Waals surface area contributed by atoms with Crippen LogP contribution in [-0.4, -0.2) is 13.2 Å². The molecule has 1 aliphatic heterocycles. The Balaban J connectivity index is 2.18. The third-order valence-electron chi connectivity index (χ3n) is 0.563. The van der Waals surface area contributed by atoms with Crippen molar-refractivity contribution in [3.8, 4) is 0 Å². The fourth-order valence-electron chi connectivity index (χ4n) is 0.319. The van der Waals surface area contributed by atoms with Gasteiger partial charge in [0.25, 0.3) is 0 Å². The summed E-state index contributed by atoms with van der Waals surface area (Å²) < 4.78 is 4.97. The van der Waals surface area contributed by atoms with Gasteiger partial charge in [0.2, 0.25) is 0 Å². The summed E-state index contributed by atoms with van der Waals surface area (Å²) in [4.78, 5) is 0. The highest BCUT2D eigenvalue weighted by molar-refractivity contribution is 8.43. The molecule has 1 fully saturated rings. The molecule has 2 nitrogen and oxygen atoms in total. The van der Waals surface area contributed by atoms with E-state index in [9.17, 15) is 0 Å². The van der Waals surface area contributed by atoms with Crippen molar-refractivity contribution >= 4 is 19.7 Å². The van der Waals surface area contributed by atoms with Gasteiger partial charge in [-0.1, -0.05) is 0 Å². The first kappa shape index (κ1) is 4.85. The fourth-order valence-corrected chi connectivity index (χ4v) is 1.50. The molecule has 0 amide bonds. The molecule has 1 atom stereocenters. The van der Waals surface area contributed by atoms with E-state index < -0.39 is 7.50 Å². The van der Waals surface area contributed by atoms with Crippen molar-refractivity contribution < 1.29 is 4.52 Å². The van der Waals surface area contributed by atoms with E-state index in [2.05, 4.69) is 17.3 Å². The summed E-state index contributed by atoms with van der Waals surface area (Å²) in [6.07, 6.45) is 0. The Kier molecular flexibility index (Phi) is 1.72. The second-order valence-electron chi connectivity index (χ2n) is 1.01. The molecule has 4 heteroatoms. The van der Waals surface area contributed by atoms with E-state index in [4.69, 9.17) is 4.52 Å². The molecule has 6 heavy (non-hydrogen) atoms. The van der Waals surface area contributed by atoms with Crippen molar-refractivity contribution in [3.05, 3.63) is 0 Å². The van der Waals surface area contributed by atoms with E-state index in [0.717, 1.165) is 13.2 Å². The minimum Gasteiger partial charge on any atom is -0.334 e. The Morgan fingerprint density at radius 1 is 1.83 bits per heavy atom. The highest BCUT2D eigenvalue weighted by Crippen LogP contribution is 2.39. The zero-order valence-electron chi connectivity index (χ0n) is 3.22. The fraction of sp³-hybridized carbons (Fsp3) is 1.00. The molecule has 0 radical (unpaired) electrons. The molecule has 1 rings (SSSR count). The van der Waals surface area contributed by atoms with Crippen LogP contribution in [-0.2, 0) is 4.52 Å². The van der Waals surface area contributed by atoms with Crippen LogP contribution in [0.4, 0.5) is 0 Å². The van der Waals surface area contributed by atoms with Crippen LogP contribution < -0.4 is 5.09 Å². The van der Waals surface area contributed by atoms with Crippen LogP contribution >= 0.6 is 19.7 Å². The van der Waals surface area contributed by atoms with Gasteiger partial charge in [-0.2, -0.15) is 0 Å². The smallest absolute Gasteiger partial charge is 0.163 e. The monoisotopic (exact) mass is 123 g/mol. The lowest BCUT2D eigenvalue weighted by Gasteiger charge is -1.93. The number of nitrogens with one attached hydrogen (secondary N) is 1. The van der Waals surface area contributed by atoms with E-state index in [0.29, 0.717) is 0 Å². The van der Waals surface area contributed by atoms with Crippen molar-refractivity contribution in [3.63, 3.8) is 0 Å². The lowest BCUT2D eigenvalue weighted by Crippen LogP contribution is -1.96. The predicted octanol–water partition coefficient (Wildman–Crippen LogP) is 0.763. The van der Waals surface area contributed by atoms with Crippen LogP contribution in [0.5, 0.6) is 0 Å². The SMILES string of the molecule is SP1NCCO1. The third-order valence-corrected chi connectivity index (χ3v) is 2.25. The van der Waals surface area contributed by atoms with Crippen molar-refractivity contribution in [2.75, 3.05) is 13.2 Å². The van der Waals surface area contributed by atoms with Crippen molar-refractivity contribution in [2.45, 2.75) is 0 Å². The maximum Gasteiger partial charge on any atom is 0.163 e. The van der Waals surface area contributed by atoms with Crippen molar-refractivity contribution in [2.24, 2.45) is 0 Å². The Labute approximate surface area is 43.3 Å². The van der Waals surface area contributed by atoms with Crippen molar-refractivity contribution in [1.82, 2.24) is 5.09 Å². The molecule has 36 valence electrons. The van der Waals surface area contributed by atoms with Crippen LogP contribution in [0.25, 0.3) is 0 Å². The number of thiol groups is 1. The largest absolute Gasteiger partial charge is 0.334 e. The molecule has 1 unspecified atom stereocenters. The summed E-state index contributed by atoms with van der Waals surface area (Å²) >= 11 is 4.02. The first-order valence-electron chi connectivity index (χ1n) is 1.75. The Morgan fingerprint density at radius 3 is 2.83 bits per heavy atom. The minimum atomic E-state index is -0.521. The van der Waals surface area contributed by atoms with Gasteiger partial charge >= 0.3 is 0 Å². The first-order valence-corrected chi connectivity index (χ1v) is 4.16. The summed E-state index contributed by atoms with van der Waals surface area (Å²) in [5, 5.41) is 3.03. The summed E-state index contributed by atoms with van der Waals surface area (Å²) in [5.41, 5.74) is 0. The maximum atomic E-state index is 4.97. The van der Waals surface area contributed by atoms with Gasteiger partial charge in [-0.25, -0.2) is 0 Å². The summed E-state index contributed by atoms with van der Waals surface area (Å²) in [6.45, 7) is 1.80. The molecular weight excluding hydrogens is 117 g/mol. The van der Waals surface area contributed by atoms with Gasteiger partial charge in [0.05, 0.1) is 6.61 Å². The summed E-state index contributed by atoms with van der Waals surface area (Å²) in [6, 6.07) is 0. The van der Waals surface area contributed by atoms with Crippen LogP contribution in [0.2, 0.25) is 0 Å². The molecule has 0 aliphatic carbocycles. The zero-order valence-corrected chi connectivity index (χ0v) is 5.01. The van der Waals surface area contributed by atoms with E-state index in [1.165, 1.54) is 0 Å². The third kappa shape index (κ3) is 1.09. The quantitative estimate of drug-likeness (QED) is 0.366. The van der Waals surface area contributed by atoms with Gasteiger partial charge in [-0.05, 0) is 0 Å². The molecular formula is C2H6NOPS. The highest BCUT2D eigenvalue weighted by atomic mass is 32.7. The van der Waals surface area contributed by atoms with Crippen LogP contribution in [0, 0.1) is 0 Å². The van der Waals surface area contributed by atoms with Gasteiger partial charge in [0.1, 0.15) is 0 Å². The molecule has 1 saturated heterocycles. The maximum absolute atomic E-state index is 4.97. The van der Waals surface area contributed by atoms with E-state index in [1.54, 1.807) is 0 Å². The average molecular weight is 123 g/mol. The molecule has 1 heterocycles. The van der Waals surface area contributed by atoms with Crippen molar-refractivity contribution in [1.29, 1.82) is 0 Å². The lowest BCUT2D eigenvalue weighted by molar-refractivity contribution is 0.405. The van der Waals surface area contributed by atoms with Gasteiger partial charge in [-0.15, -0.1) is 12.2 Å². The second kappa shape index (κ2) is 2.12.